The third-order valence-electron chi connectivity index (χ3n) is 6.01. The SMILES string of the molecule is C=CCn1cc(C=Nc2ccccc2)c2nc3c(C=Nc4ccccc4)cn(CC=C)c(=O)c3cc2c1=O. The first-order chi connectivity index (χ1) is 18.6. The van der Waals surface area contributed by atoms with E-state index in [1.165, 1.54) is 9.13 Å². The molecule has 0 radical (unpaired) electrons. The molecule has 0 amide bonds. The van der Waals surface area contributed by atoms with Crippen molar-refractivity contribution in [3.8, 4) is 0 Å². The largest absolute Gasteiger partial charge is 0.310 e. The van der Waals surface area contributed by atoms with Crippen LogP contribution in [0.5, 0.6) is 0 Å². The Labute approximate surface area is 219 Å². The van der Waals surface area contributed by atoms with Crippen molar-refractivity contribution >= 4 is 45.6 Å². The molecule has 38 heavy (non-hydrogen) atoms. The fourth-order valence-corrected chi connectivity index (χ4v) is 4.22. The molecule has 0 aliphatic carbocycles. The second kappa shape index (κ2) is 10.8. The summed E-state index contributed by atoms with van der Waals surface area (Å²) in [6.45, 7) is 8.15. The molecule has 3 aromatic heterocycles. The monoisotopic (exact) mass is 499 g/mol. The molecule has 0 saturated heterocycles. The summed E-state index contributed by atoms with van der Waals surface area (Å²) >= 11 is 0. The van der Waals surface area contributed by atoms with Crippen LogP contribution in [-0.4, -0.2) is 26.5 Å². The summed E-state index contributed by atoms with van der Waals surface area (Å²) in [5.74, 6) is 0. The predicted octanol–water partition coefficient (Wildman–Crippen LogP) is 5.58. The van der Waals surface area contributed by atoms with Crippen molar-refractivity contribution < 1.29 is 0 Å². The number of allylic oxidation sites excluding steroid dienone is 2. The van der Waals surface area contributed by atoms with E-state index in [-0.39, 0.29) is 11.1 Å². The van der Waals surface area contributed by atoms with E-state index in [4.69, 9.17) is 4.98 Å². The Morgan fingerprint density at radius 1 is 0.684 bits per heavy atom. The van der Waals surface area contributed by atoms with Crippen molar-refractivity contribution in [2.24, 2.45) is 9.98 Å². The van der Waals surface area contributed by atoms with Crippen molar-refractivity contribution in [1.29, 1.82) is 0 Å². The minimum absolute atomic E-state index is 0.260. The first-order valence-corrected chi connectivity index (χ1v) is 12.1. The number of aliphatic imine (C=N–C) groups is 2. The highest BCUT2D eigenvalue weighted by molar-refractivity contribution is 6.05. The second-order valence-electron chi connectivity index (χ2n) is 8.63. The van der Waals surface area contributed by atoms with Crippen LogP contribution in [0.15, 0.2) is 124 Å². The molecular weight excluding hydrogens is 474 g/mol. The summed E-state index contributed by atoms with van der Waals surface area (Å²) in [5, 5.41) is 0.659. The molecule has 7 heteroatoms. The highest BCUT2D eigenvalue weighted by Gasteiger charge is 2.15. The van der Waals surface area contributed by atoms with Gasteiger partial charge in [0.25, 0.3) is 11.1 Å². The summed E-state index contributed by atoms with van der Waals surface area (Å²) in [6.07, 6.45) is 10.1. The predicted molar refractivity (Wildman–Crippen MR) is 156 cm³/mol. The van der Waals surface area contributed by atoms with E-state index in [0.29, 0.717) is 46.0 Å². The minimum atomic E-state index is -0.260. The van der Waals surface area contributed by atoms with Gasteiger partial charge in [-0.3, -0.25) is 19.6 Å². The van der Waals surface area contributed by atoms with Gasteiger partial charge in [0, 0.05) is 49.0 Å². The topological polar surface area (TPSA) is 81.6 Å². The van der Waals surface area contributed by atoms with Crippen LogP contribution < -0.4 is 11.1 Å². The van der Waals surface area contributed by atoms with Gasteiger partial charge in [-0.15, -0.1) is 13.2 Å². The summed E-state index contributed by atoms with van der Waals surface area (Å²) in [4.78, 5) is 40.8. The molecule has 186 valence electrons. The summed E-state index contributed by atoms with van der Waals surface area (Å²) in [7, 11) is 0. The average molecular weight is 500 g/mol. The molecule has 0 aliphatic heterocycles. The van der Waals surface area contributed by atoms with Crippen molar-refractivity contribution in [3.05, 3.63) is 136 Å². The number of aromatic nitrogens is 3. The van der Waals surface area contributed by atoms with E-state index in [2.05, 4.69) is 23.1 Å². The number of benzene rings is 2. The maximum Gasteiger partial charge on any atom is 0.260 e. The van der Waals surface area contributed by atoms with Gasteiger partial charge in [-0.05, 0) is 30.3 Å². The molecule has 0 atom stereocenters. The molecule has 0 aliphatic rings. The zero-order chi connectivity index (χ0) is 26.5. The smallest absolute Gasteiger partial charge is 0.260 e. The van der Waals surface area contributed by atoms with Crippen molar-refractivity contribution in [3.63, 3.8) is 0 Å². The lowest BCUT2D eigenvalue weighted by Gasteiger charge is -2.12. The van der Waals surface area contributed by atoms with Gasteiger partial charge in [0.15, 0.2) is 0 Å². The van der Waals surface area contributed by atoms with Crippen LogP contribution in [0.3, 0.4) is 0 Å². The first-order valence-electron chi connectivity index (χ1n) is 12.1. The molecule has 3 heterocycles. The van der Waals surface area contributed by atoms with E-state index < -0.39 is 0 Å². The third kappa shape index (κ3) is 4.90. The van der Waals surface area contributed by atoms with Crippen LogP contribution in [0, 0.1) is 0 Å². The lowest BCUT2D eigenvalue weighted by atomic mass is 10.1. The molecule has 0 N–H and O–H groups in total. The molecular formula is C31H25N5O2. The van der Waals surface area contributed by atoms with E-state index in [0.717, 1.165) is 11.4 Å². The van der Waals surface area contributed by atoms with Gasteiger partial charge in [0.1, 0.15) is 0 Å². The Bertz CT molecular complexity index is 1700. The Morgan fingerprint density at radius 2 is 1.11 bits per heavy atom. The number of para-hydroxylation sites is 2. The molecule has 5 aromatic rings. The van der Waals surface area contributed by atoms with E-state index in [1.807, 2.05) is 60.7 Å². The van der Waals surface area contributed by atoms with E-state index >= 15 is 0 Å². The van der Waals surface area contributed by atoms with Crippen LogP contribution in [0.4, 0.5) is 11.4 Å². The molecule has 0 unspecified atom stereocenters. The van der Waals surface area contributed by atoms with Crippen LogP contribution >= 0.6 is 0 Å². The first kappa shape index (κ1) is 24.5. The summed E-state index contributed by atoms with van der Waals surface area (Å²) in [5.41, 5.74) is 3.22. The maximum atomic E-state index is 13.4. The quantitative estimate of drug-likeness (QED) is 0.159. The number of nitrogens with zero attached hydrogens (tertiary/aromatic N) is 5. The summed E-state index contributed by atoms with van der Waals surface area (Å²) < 4.78 is 3.08. The third-order valence-corrected chi connectivity index (χ3v) is 6.01. The van der Waals surface area contributed by atoms with Crippen molar-refractivity contribution in [1.82, 2.24) is 14.1 Å². The molecule has 0 spiro atoms. The van der Waals surface area contributed by atoms with Gasteiger partial charge in [-0.25, -0.2) is 4.98 Å². The van der Waals surface area contributed by atoms with Gasteiger partial charge in [0.05, 0.1) is 33.2 Å². The normalized spacial score (nSPS) is 11.6. The highest BCUT2D eigenvalue weighted by Crippen LogP contribution is 2.21. The van der Waals surface area contributed by atoms with Crippen LogP contribution in [0.2, 0.25) is 0 Å². The number of rotatable bonds is 8. The molecule has 5 rings (SSSR count). The Balaban J connectivity index is 1.80. The number of hydrogen-bond acceptors (Lipinski definition) is 5. The Morgan fingerprint density at radius 3 is 1.50 bits per heavy atom. The van der Waals surface area contributed by atoms with Crippen LogP contribution in [-0.2, 0) is 13.1 Å². The zero-order valence-electron chi connectivity index (χ0n) is 20.7. The van der Waals surface area contributed by atoms with Gasteiger partial charge >= 0.3 is 0 Å². The van der Waals surface area contributed by atoms with Gasteiger partial charge < -0.3 is 9.13 Å². The highest BCUT2D eigenvalue weighted by atomic mass is 16.1. The molecule has 0 saturated carbocycles. The lowest BCUT2D eigenvalue weighted by molar-refractivity contribution is 0.785. The standard InChI is InChI=1S/C31H25N5O2/c1-3-15-35-20-22(18-32-24-11-7-5-8-12-24)28-26(30(35)37)17-27-29(34-28)23(21-36(16-4-2)31(27)38)19-33-25-13-9-6-10-14-25/h3-14,17-21H,1-2,15-16H2. The molecule has 2 aromatic carbocycles. The number of pyridine rings is 3. The minimum Gasteiger partial charge on any atom is -0.310 e. The van der Waals surface area contributed by atoms with Gasteiger partial charge in [-0.1, -0.05) is 48.6 Å². The lowest BCUT2D eigenvalue weighted by Crippen LogP contribution is -2.23. The Hall–Kier alpha value is -5.17. The average Bonchev–Trinajstić information content (AvgIpc) is 2.95. The van der Waals surface area contributed by atoms with Crippen molar-refractivity contribution in [2.45, 2.75) is 13.1 Å². The Kier molecular flexibility index (Phi) is 6.99. The fraction of sp³-hybridized carbons (Fsp3) is 0.0645. The van der Waals surface area contributed by atoms with Crippen molar-refractivity contribution in [2.75, 3.05) is 0 Å². The van der Waals surface area contributed by atoms with E-state index in [9.17, 15) is 9.59 Å². The maximum absolute atomic E-state index is 13.4. The second-order valence-corrected chi connectivity index (χ2v) is 8.63. The number of fused-ring (bicyclic) bond motifs is 2. The van der Waals surface area contributed by atoms with E-state index in [1.54, 1.807) is 43.0 Å². The van der Waals surface area contributed by atoms with Crippen LogP contribution in [0.25, 0.3) is 21.8 Å². The summed E-state index contributed by atoms with van der Waals surface area (Å²) in [6, 6.07) is 20.6. The molecule has 0 fully saturated rings. The number of hydrogen-bond donors (Lipinski definition) is 0. The van der Waals surface area contributed by atoms with Crippen LogP contribution in [0.1, 0.15) is 11.1 Å². The van der Waals surface area contributed by atoms with Gasteiger partial charge in [0.2, 0.25) is 0 Å². The molecule has 7 nitrogen and oxygen atoms in total. The molecule has 0 bridgehead atoms. The fourth-order valence-electron chi connectivity index (χ4n) is 4.22. The van der Waals surface area contributed by atoms with Gasteiger partial charge in [-0.2, -0.15) is 0 Å². The zero-order valence-corrected chi connectivity index (χ0v) is 20.7.